The molecule has 0 N–H and O–H groups in total. The van der Waals surface area contributed by atoms with Gasteiger partial charge in [0.25, 0.3) is 0 Å². The number of benzene rings is 2. The Kier molecular flexibility index (Phi) is 6.01. The third kappa shape index (κ3) is 4.07. The van der Waals surface area contributed by atoms with Crippen LogP contribution in [0.15, 0.2) is 72.8 Å². The van der Waals surface area contributed by atoms with Gasteiger partial charge in [0.2, 0.25) is 11.8 Å². The number of nitrogens with zero attached hydrogens (tertiary/aromatic N) is 3. The number of imide groups is 1. The maximum absolute atomic E-state index is 13.2. The quantitative estimate of drug-likeness (QED) is 0.312. The third-order valence-corrected chi connectivity index (χ3v) is 9.86. The molecule has 6 unspecified atom stereocenters. The van der Waals surface area contributed by atoms with Crippen LogP contribution in [-0.2, 0) is 9.59 Å². The fourth-order valence-electron chi connectivity index (χ4n) is 7.97. The Morgan fingerprint density at radius 1 is 0.676 bits per heavy atom. The topological polar surface area (TPSA) is 43.9 Å². The molecule has 2 aliphatic heterocycles. The average molecular weight is 496 g/mol. The van der Waals surface area contributed by atoms with Crippen molar-refractivity contribution in [3.63, 3.8) is 0 Å². The molecule has 0 radical (unpaired) electrons. The molecule has 8 rings (SSSR count). The molecule has 6 aliphatic rings. The van der Waals surface area contributed by atoms with Gasteiger partial charge < -0.3 is 4.90 Å². The third-order valence-electron chi connectivity index (χ3n) is 9.86. The van der Waals surface area contributed by atoms with E-state index >= 15 is 0 Å². The van der Waals surface area contributed by atoms with E-state index in [1.54, 1.807) is 4.90 Å². The lowest BCUT2D eigenvalue weighted by molar-refractivity contribution is -0.140. The van der Waals surface area contributed by atoms with E-state index in [4.69, 9.17) is 0 Å². The zero-order valence-corrected chi connectivity index (χ0v) is 21.5. The maximum atomic E-state index is 13.2. The first kappa shape index (κ1) is 23.4. The highest BCUT2D eigenvalue weighted by molar-refractivity contribution is 6.06. The molecule has 2 aromatic carbocycles. The average Bonchev–Trinajstić information content (AvgIpc) is 3.73. The summed E-state index contributed by atoms with van der Waals surface area (Å²) in [5.41, 5.74) is 2.70. The van der Waals surface area contributed by atoms with Gasteiger partial charge in [0.05, 0.1) is 17.9 Å². The highest BCUT2D eigenvalue weighted by atomic mass is 16.2. The summed E-state index contributed by atoms with van der Waals surface area (Å²) in [6, 6.07) is 22.0. The van der Waals surface area contributed by atoms with Gasteiger partial charge in [-0.2, -0.15) is 0 Å². The molecule has 6 atom stereocenters. The van der Waals surface area contributed by atoms with E-state index in [1.165, 1.54) is 17.5 Å². The number of carbonyl (C=O) groups is 2. The lowest BCUT2D eigenvalue weighted by Crippen LogP contribution is -2.48. The van der Waals surface area contributed by atoms with Crippen LogP contribution in [0.5, 0.6) is 0 Å². The minimum absolute atomic E-state index is 0.0542. The molecule has 2 aromatic rings. The summed E-state index contributed by atoms with van der Waals surface area (Å²) in [5.74, 6) is 2.15. The van der Waals surface area contributed by atoms with Gasteiger partial charge in [0.15, 0.2) is 0 Å². The molecular weight excluding hydrogens is 458 g/mol. The van der Waals surface area contributed by atoms with Crippen LogP contribution in [0.2, 0.25) is 0 Å². The van der Waals surface area contributed by atoms with Crippen molar-refractivity contribution in [2.45, 2.75) is 25.3 Å². The van der Waals surface area contributed by atoms with E-state index in [0.717, 1.165) is 45.6 Å². The fraction of sp³-hybridized carbons (Fsp3) is 0.500. The molecular formula is C32H37N3O2. The van der Waals surface area contributed by atoms with E-state index in [9.17, 15) is 9.59 Å². The van der Waals surface area contributed by atoms with Crippen LogP contribution in [0, 0.1) is 35.5 Å². The number of allylic oxidation sites excluding steroid dienone is 2. The molecule has 0 aromatic heterocycles. The number of rotatable bonds is 8. The van der Waals surface area contributed by atoms with E-state index < -0.39 is 0 Å². The van der Waals surface area contributed by atoms with Crippen molar-refractivity contribution >= 4 is 11.8 Å². The van der Waals surface area contributed by atoms with Crippen molar-refractivity contribution < 1.29 is 9.59 Å². The predicted molar refractivity (Wildman–Crippen MR) is 143 cm³/mol. The van der Waals surface area contributed by atoms with E-state index in [1.807, 2.05) is 0 Å². The van der Waals surface area contributed by atoms with Crippen LogP contribution in [0.1, 0.15) is 36.4 Å². The van der Waals surface area contributed by atoms with Crippen LogP contribution in [0.3, 0.4) is 0 Å². The first-order valence-corrected chi connectivity index (χ1v) is 14.3. The van der Waals surface area contributed by atoms with Crippen molar-refractivity contribution in [2.75, 3.05) is 39.3 Å². The standard InChI is InChI=1S/C32H37N3O2/c36-31-28-24-13-14-25(27-21-26(24)27)29(28)32(37)35(31)16-8-7-15-33-17-19-34(20-18-33)30(22-9-3-1-4-10-22)23-11-5-2-6-12-23/h1-6,9-14,24-30H,7-8,15-21H2. The summed E-state index contributed by atoms with van der Waals surface area (Å²) in [7, 11) is 0. The summed E-state index contributed by atoms with van der Waals surface area (Å²) in [5, 5.41) is 0. The number of unbranched alkanes of at least 4 members (excludes halogenated alkanes) is 1. The molecule has 5 heteroatoms. The van der Waals surface area contributed by atoms with Gasteiger partial charge >= 0.3 is 0 Å². The number of hydrogen-bond donors (Lipinski definition) is 0. The van der Waals surface area contributed by atoms with Crippen LogP contribution in [0.25, 0.3) is 0 Å². The Hall–Kier alpha value is -2.76. The first-order chi connectivity index (χ1) is 18.2. The zero-order valence-electron chi connectivity index (χ0n) is 21.5. The van der Waals surface area contributed by atoms with Gasteiger partial charge in [0, 0.05) is 32.7 Å². The lowest BCUT2D eigenvalue weighted by atomic mass is 9.63. The van der Waals surface area contributed by atoms with Gasteiger partial charge in [-0.15, -0.1) is 0 Å². The molecule has 5 nitrogen and oxygen atoms in total. The highest BCUT2D eigenvalue weighted by Gasteiger charge is 2.66. The van der Waals surface area contributed by atoms with E-state index in [2.05, 4.69) is 82.6 Å². The summed E-state index contributed by atoms with van der Waals surface area (Å²) < 4.78 is 0. The van der Waals surface area contributed by atoms with Crippen molar-refractivity contribution in [2.24, 2.45) is 35.5 Å². The second kappa shape index (κ2) is 9.52. The summed E-state index contributed by atoms with van der Waals surface area (Å²) in [4.78, 5) is 33.2. The summed E-state index contributed by atoms with van der Waals surface area (Å²) >= 11 is 0. The minimum atomic E-state index is -0.0542. The van der Waals surface area contributed by atoms with Crippen LogP contribution < -0.4 is 0 Å². The Morgan fingerprint density at radius 2 is 1.19 bits per heavy atom. The summed E-state index contributed by atoms with van der Waals surface area (Å²) in [6.45, 7) is 5.83. The Balaban J connectivity index is 0.910. The minimum Gasteiger partial charge on any atom is -0.301 e. The second-order valence-electron chi connectivity index (χ2n) is 11.8. The second-order valence-corrected chi connectivity index (χ2v) is 11.8. The first-order valence-electron chi connectivity index (χ1n) is 14.3. The number of carbonyl (C=O) groups excluding carboxylic acids is 2. The maximum Gasteiger partial charge on any atom is 0.233 e. The zero-order chi connectivity index (χ0) is 24.9. The SMILES string of the molecule is O=C1C2C3C=CC(C4CC34)C2C(=O)N1CCCCN1CCN(C(c2ccccc2)c2ccccc2)CC1. The fourth-order valence-corrected chi connectivity index (χ4v) is 7.97. The molecule has 2 heterocycles. The predicted octanol–water partition coefficient (Wildman–Crippen LogP) is 4.23. The molecule has 2 saturated carbocycles. The molecule has 4 aliphatic carbocycles. The Bertz CT molecular complexity index is 1100. The number of likely N-dealkylation sites (tertiary alicyclic amines) is 1. The number of piperazine rings is 1. The Morgan fingerprint density at radius 3 is 1.73 bits per heavy atom. The van der Waals surface area contributed by atoms with Crippen LogP contribution >= 0.6 is 0 Å². The smallest absolute Gasteiger partial charge is 0.233 e. The van der Waals surface area contributed by atoms with Gasteiger partial charge in [-0.25, -0.2) is 0 Å². The normalized spacial score (nSPS) is 32.7. The molecule has 0 spiro atoms. The van der Waals surface area contributed by atoms with Gasteiger partial charge in [-0.05, 0) is 60.6 Å². The molecule has 37 heavy (non-hydrogen) atoms. The Labute approximate surface area is 220 Å². The van der Waals surface area contributed by atoms with Crippen LogP contribution in [0.4, 0.5) is 0 Å². The van der Waals surface area contributed by atoms with Crippen molar-refractivity contribution in [1.82, 2.24) is 14.7 Å². The largest absolute Gasteiger partial charge is 0.301 e. The van der Waals surface area contributed by atoms with Gasteiger partial charge in [0.1, 0.15) is 0 Å². The lowest BCUT2D eigenvalue weighted by Gasteiger charge is -2.40. The van der Waals surface area contributed by atoms with Crippen molar-refractivity contribution in [3.8, 4) is 0 Å². The van der Waals surface area contributed by atoms with E-state index in [-0.39, 0.29) is 29.7 Å². The molecule has 2 bridgehead atoms. The summed E-state index contributed by atoms with van der Waals surface area (Å²) in [6.07, 6.45) is 7.68. The molecule has 2 saturated heterocycles. The van der Waals surface area contributed by atoms with E-state index in [0.29, 0.717) is 30.2 Å². The highest BCUT2D eigenvalue weighted by Crippen LogP contribution is 2.65. The van der Waals surface area contributed by atoms with Gasteiger partial charge in [-0.3, -0.25) is 19.4 Å². The van der Waals surface area contributed by atoms with Crippen molar-refractivity contribution in [3.05, 3.63) is 83.9 Å². The number of hydrogen-bond acceptors (Lipinski definition) is 4. The van der Waals surface area contributed by atoms with Crippen LogP contribution in [-0.4, -0.2) is 65.8 Å². The monoisotopic (exact) mass is 495 g/mol. The van der Waals surface area contributed by atoms with Gasteiger partial charge in [-0.1, -0.05) is 72.8 Å². The molecule has 192 valence electrons. The van der Waals surface area contributed by atoms with Crippen molar-refractivity contribution in [1.29, 1.82) is 0 Å². The molecule has 4 fully saturated rings. The number of amides is 2. The molecule has 2 amide bonds.